The van der Waals surface area contributed by atoms with Crippen LogP contribution < -0.4 is 5.43 Å². The molecule has 0 saturated carbocycles. The Bertz CT molecular complexity index is 130. The highest BCUT2D eigenvalue weighted by molar-refractivity contribution is 4.75. The molecule has 1 heterocycles. The standard InChI is InChI=1S/C7H14N2O2/c1-7(3-2-5-10)9-8-4-6-11-9/h4,6-8,10H,2-3,5H2,1H3. The molecule has 1 aliphatic heterocycles. The van der Waals surface area contributed by atoms with Gasteiger partial charge in [-0.05, 0) is 19.8 Å². The first-order valence-corrected chi connectivity index (χ1v) is 3.82. The highest BCUT2D eigenvalue weighted by atomic mass is 16.7. The van der Waals surface area contributed by atoms with E-state index in [9.17, 15) is 0 Å². The molecule has 0 fully saturated rings. The summed E-state index contributed by atoms with van der Waals surface area (Å²) in [5.74, 6) is 0. The van der Waals surface area contributed by atoms with Crippen LogP contribution in [0.25, 0.3) is 0 Å². The van der Waals surface area contributed by atoms with Crippen molar-refractivity contribution in [2.75, 3.05) is 6.61 Å². The van der Waals surface area contributed by atoms with Gasteiger partial charge in [0.25, 0.3) is 0 Å². The van der Waals surface area contributed by atoms with E-state index in [0.29, 0.717) is 0 Å². The van der Waals surface area contributed by atoms with Gasteiger partial charge in [0, 0.05) is 6.61 Å². The molecular formula is C7H14N2O2. The number of hydrazine groups is 1. The van der Waals surface area contributed by atoms with Crippen molar-refractivity contribution in [1.29, 1.82) is 0 Å². The summed E-state index contributed by atoms with van der Waals surface area (Å²) in [5.41, 5.74) is 2.91. The zero-order valence-corrected chi connectivity index (χ0v) is 6.66. The maximum Gasteiger partial charge on any atom is 0.131 e. The van der Waals surface area contributed by atoms with Gasteiger partial charge in [-0.25, -0.2) is 0 Å². The van der Waals surface area contributed by atoms with Gasteiger partial charge >= 0.3 is 0 Å². The van der Waals surface area contributed by atoms with Crippen LogP contribution in [-0.4, -0.2) is 22.9 Å². The summed E-state index contributed by atoms with van der Waals surface area (Å²) in [6.07, 6.45) is 5.05. The van der Waals surface area contributed by atoms with Gasteiger partial charge in [-0.1, -0.05) is 5.17 Å². The van der Waals surface area contributed by atoms with E-state index in [-0.39, 0.29) is 12.6 Å². The number of nitrogens with zero attached hydrogens (tertiary/aromatic N) is 1. The minimum absolute atomic E-state index is 0.242. The smallest absolute Gasteiger partial charge is 0.131 e. The summed E-state index contributed by atoms with van der Waals surface area (Å²) in [4.78, 5) is 5.07. The van der Waals surface area contributed by atoms with Crippen molar-refractivity contribution in [1.82, 2.24) is 10.6 Å². The third-order valence-corrected chi connectivity index (χ3v) is 1.62. The molecule has 4 heteroatoms. The van der Waals surface area contributed by atoms with E-state index in [1.165, 1.54) is 0 Å². The highest BCUT2D eigenvalue weighted by Crippen LogP contribution is 2.07. The molecule has 2 N–H and O–H groups in total. The van der Waals surface area contributed by atoms with Crippen LogP contribution >= 0.6 is 0 Å². The maximum atomic E-state index is 8.56. The van der Waals surface area contributed by atoms with Gasteiger partial charge in [0.1, 0.15) is 6.26 Å². The Kier molecular flexibility index (Phi) is 3.19. The molecule has 1 atom stereocenters. The van der Waals surface area contributed by atoms with Gasteiger partial charge in [-0.2, -0.15) is 0 Å². The summed E-state index contributed by atoms with van der Waals surface area (Å²) in [7, 11) is 0. The third-order valence-electron chi connectivity index (χ3n) is 1.62. The highest BCUT2D eigenvalue weighted by Gasteiger charge is 2.14. The second-order valence-electron chi connectivity index (χ2n) is 2.58. The molecule has 0 aromatic rings. The van der Waals surface area contributed by atoms with Crippen LogP contribution in [0.5, 0.6) is 0 Å². The Morgan fingerprint density at radius 1 is 1.73 bits per heavy atom. The zero-order valence-electron chi connectivity index (χ0n) is 6.66. The summed E-state index contributed by atoms with van der Waals surface area (Å²) in [6.45, 7) is 2.28. The normalized spacial score (nSPS) is 19.5. The fourth-order valence-electron chi connectivity index (χ4n) is 0.965. The molecule has 0 aromatic carbocycles. The summed E-state index contributed by atoms with van der Waals surface area (Å²) >= 11 is 0. The van der Waals surface area contributed by atoms with E-state index < -0.39 is 0 Å². The van der Waals surface area contributed by atoms with Crippen molar-refractivity contribution < 1.29 is 9.94 Å². The molecule has 0 aliphatic carbocycles. The van der Waals surface area contributed by atoms with Gasteiger partial charge in [-0.15, -0.1) is 0 Å². The lowest BCUT2D eigenvalue weighted by Crippen LogP contribution is -2.37. The van der Waals surface area contributed by atoms with Gasteiger partial charge in [0.15, 0.2) is 0 Å². The van der Waals surface area contributed by atoms with Crippen molar-refractivity contribution in [2.24, 2.45) is 0 Å². The molecule has 0 bridgehead atoms. The summed E-state index contributed by atoms with van der Waals surface area (Å²) in [6, 6.07) is 0.289. The molecular weight excluding hydrogens is 144 g/mol. The first-order chi connectivity index (χ1) is 5.34. The minimum atomic E-state index is 0.242. The number of aliphatic hydroxyl groups is 1. The Morgan fingerprint density at radius 3 is 3.09 bits per heavy atom. The van der Waals surface area contributed by atoms with Crippen LogP contribution in [0, 0.1) is 0 Å². The molecule has 0 saturated heterocycles. The largest absolute Gasteiger partial charge is 0.396 e. The SMILES string of the molecule is CC(CCCO)N1NC=CO1. The first-order valence-electron chi connectivity index (χ1n) is 3.82. The maximum absolute atomic E-state index is 8.56. The Morgan fingerprint density at radius 2 is 2.55 bits per heavy atom. The molecule has 0 spiro atoms. The van der Waals surface area contributed by atoms with Crippen molar-refractivity contribution in [3.05, 3.63) is 12.5 Å². The molecule has 0 aromatic heterocycles. The van der Waals surface area contributed by atoms with Crippen LogP contribution in [0.15, 0.2) is 12.5 Å². The predicted octanol–water partition coefficient (Wildman–Crippen LogP) is 0.370. The lowest BCUT2D eigenvalue weighted by molar-refractivity contribution is -0.144. The topological polar surface area (TPSA) is 44.7 Å². The molecule has 0 amide bonds. The third kappa shape index (κ3) is 2.40. The number of hydroxylamine groups is 1. The molecule has 4 nitrogen and oxygen atoms in total. The van der Waals surface area contributed by atoms with E-state index in [2.05, 4.69) is 5.43 Å². The van der Waals surface area contributed by atoms with Gasteiger partial charge in [-0.3, -0.25) is 5.43 Å². The molecule has 1 unspecified atom stereocenters. The molecule has 1 rings (SSSR count). The quantitative estimate of drug-likeness (QED) is 0.620. The number of nitrogens with one attached hydrogen (secondary N) is 1. The minimum Gasteiger partial charge on any atom is -0.396 e. The average Bonchev–Trinajstić information content (AvgIpc) is 2.52. The lowest BCUT2D eigenvalue weighted by atomic mass is 10.2. The van der Waals surface area contributed by atoms with Crippen molar-refractivity contribution in [3.8, 4) is 0 Å². The number of hydrogen-bond donors (Lipinski definition) is 2. The fraction of sp³-hybridized carbons (Fsp3) is 0.714. The van der Waals surface area contributed by atoms with Crippen LogP contribution in [0.4, 0.5) is 0 Å². The lowest BCUT2D eigenvalue weighted by Gasteiger charge is -2.21. The van der Waals surface area contributed by atoms with Crippen LogP contribution in [0.3, 0.4) is 0 Å². The fourth-order valence-corrected chi connectivity index (χ4v) is 0.965. The van der Waals surface area contributed by atoms with E-state index in [0.717, 1.165) is 12.8 Å². The molecule has 11 heavy (non-hydrogen) atoms. The van der Waals surface area contributed by atoms with Crippen LogP contribution in [-0.2, 0) is 4.84 Å². The van der Waals surface area contributed by atoms with Crippen LogP contribution in [0.1, 0.15) is 19.8 Å². The number of hydrogen-bond acceptors (Lipinski definition) is 4. The van der Waals surface area contributed by atoms with E-state index in [1.807, 2.05) is 6.92 Å². The summed E-state index contributed by atoms with van der Waals surface area (Å²) in [5, 5.41) is 10.2. The van der Waals surface area contributed by atoms with Crippen molar-refractivity contribution >= 4 is 0 Å². The first kappa shape index (κ1) is 8.36. The average molecular weight is 158 g/mol. The van der Waals surface area contributed by atoms with E-state index >= 15 is 0 Å². The van der Waals surface area contributed by atoms with Crippen molar-refractivity contribution in [2.45, 2.75) is 25.8 Å². The van der Waals surface area contributed by atoms with Crippen molar-refractivity contribution in [3.63, 3.8) is 0 Å². The number of rotatable bonds is 4. The molecule has 0 radical (unpaired) electrons. The number of aliphatic hydroxyl groups excluding tert-OH is 1. The van der Waals surface area contributed by atoms with E-state index in [4.69, 9.17) is 9.94 Å². The second kappa shape index (κ2) is 4.20. The summed E-state index contributed by atoms with van der Waals surface area (Å²) < 4.78 is 0. The molecule has 1 aliphatic rings. The molecule has 64 valence electrons. The Labute approximate surface area is 66.4 Å². The van der Waals surface area contributed by atoms with Crippen LogP contribution in [0.2, 0.25) is 0 Å². The van der Waals surface area contributed by atoms with Gasteiger partial charge in [0.2, 0.25) is 0 Å². The second-order valence-corrected chi connectivity index (χ2v) is 2.58. The predicted molar refractivity (Wildman–Crippen MR) is 41.0 cm³/mol. The Hall–Kier alpha value is -0.740. The zero-order chi connectivity index (χ0) is 8.10. The van der Waals surface area contributed by atoms with E-state index in [1.54, 1.807) is 17.6 Å². The monoisotopic (exact) mass is 158 g/mol. The van der Waals surface area contributed by atoms with Gasteiger partial charge < -0.3 is 9.94 Å². The van der Waals surface area contributed by atoms with Gasteiger partial charge in [0.05, 0.1) is 12.2 Å². The Balaban J connectivity index is 2.13.